The molecule has 0 bridgehead atoms. The molecule has 0 amide bonds. The van der Waals surface area contributed by atoms with Gasteiger partial charge in [-0.3, -0.25) is 9.69 Å². The molecular formula is C12H25NO3. The van der Waals surface area contributed by atoms with Crippen LogP contribution in [0.1, 0.15) is 41.0 Å². The largest absolute Gasteiger partial charge is 0.481 e. The van der Waals surface area contributed by atoms with Gasteiger partial charge < -0.3 is 9.84 Å². The molecule has 0 aromatic rings. The van der Waals surface area contributed by atoms with Gasteiger partial charge in [0.25, 0.3) is 0 Å². The van der Waals surface area contributed by atoms with Crippen molar-refractivity contribution in [3.05, 3.63) is 0 Å². The first-order valence-electron chi connectivity index (χ1n) is 5.86. The normalized spacial score (nSPS) is 14.1. The SMILES string of the molecule is CCN(CCOC(C)(C)C)C(C)CC(=O)O. The highest BCUT2D eigenvalue weighted by Crippen LogP contribution is 2.08. The van der Waals surface area contributed by atoms with Crippen LogP contribution in [0.3, 0.4) is 0 Å². The lowest BCUT2D eigenvalue weighted by atomic mass is 10.2. The van der Waals surface area contributed by atoms with Crippen LogP contribution < -0.4 is 0 Å². The highest BCUT2D eigenvalue weighted by Gasteiger charge is 2.16. The zero-order chi connectivity index (χ0) is 12.8. The van der Waals surface area contributed by atoms with Crippen molar-refractivity contribution < 1.29 is 14.6 Å². The van der Waals surface area contributed by atoms with E-state index in [0.29, 0.717) is 6.61 Å². The quantitative estimate of drug-likeness (QED) is 0.728. The van der Waals surface area contributed by atoms with Gasteiger partial charge in [-0.2, -0.15) is 0 Å². The molecule has 16 heavy (non-hydrogen) atoms. The molecule has 1 unspecified atom stereocenters. The number of carboxylic acid groups (broad SMARTS) is 1. The Kier molecular flexibility index (Phi) is 6.60. The van der Waals surface area contributed by atoms with Crippen LogP contribution in [0.5, 0.6) is 0 Å². The molecule has 1 N–H and O–H groups in total. The zero-order valence-corrected chi connectivity index (χ0v) is 11.1. The molecule has 4 nitrogen and oxygen atoms in total. The van der Waals surface area contributed by atoms with E-state index >= 15 is 0 Å². The molecule has 0 aromatic heterocycles. The van der Waals surface area contributed by atoms with Gasteiger partial charge in [0.1, 0.15) is 0 Å². The molecule has 4 heteroatoms. The number of nitrogens with zero attached hydrogens (tertiary/aromatic N) is 1. The fourth-order valence-corrected chi connectivity index (χ4v) is 1.54. The summed E-state index contributed by atoms with van der Waals surface area (Å²) in [6, 6.07) is 0.0612. The summed E-state index contributed by atoms with van der Waals surface area (Å²) in [5, 5.41) is 8.73. The smallest absolute Gasteiger partial charge is 0.304 e. The van der Waals surface area contributed by atoms with E-state index in [0.717, 1.165) is 13.1 Å². The van der Waals surface area contributed by atoms with Gasteiger partial charge in [-0.1, -0.05) is 6.92 Å². The molecule has 0 saturated carbocycles. The standard InChI is InChI=1S/C12H25NO3/c1-6-13(10(2)9-11(14)15)7-8-16-12(3,4)5/h10H,6-9H2,1-5H3,(H,14,15). The molecule has 0 fully saturated rings. The lowest BCUT2D eigenvalue weighted by Crippen LogP contribution is -2.38. The Morgan fingerprint density at radius 3 is 2.38 bits per heavy atom. The summed E-state index contributed by atoms with van der Waals surface area (Å²) >= 11 is 0. The first kappa shape index (κ1) is 15.4. The molecule has 0 saturated heterocycles. The van der Waals surface area contributed by atoms with Crippen molar-refractivity contribution >= 4 is 5.97 Å². The maximum Gasteiger partial charge on any atom is 0.304 e. The number of hydrogen-bond acceptors (Lipinski definition) is 3. The first-order chi connectivity index (χ1) is 7.26. The summed E-state index contributed by atoms with van der Waals surface area (Å²) in [6.07, 6.45) is 0.184. The van der Waals surface area contributed by atoms with Crippen LogP contribution in [0, 0.1) is 0 Å². The summed E-state index contributed by atoms with van der Waals surface area (Å²) in [6.45, 7) is 12.3. The Bertz CT molecular complexity index is 211. The summed E-state index contributed by atoms with van der Waals surface area (Å²) < 4.78 is 5.63. The molecule has 0 radical (unpaired) electrons. The van der Waals surface area contributed by atoms with Gasteiger partial charge in [-0.15, -0.1) is 0 Å². The minimum atomic E-state index is -0.748. The topological polar surface area (TPSA) is 49.8 Å². The number of ether oxygens (including phenoxy) is 1. The second kappa shape index (κ2) is 6.86. The van der Waals surface area contributed by atoms with E-state index in [1.54, 1.807) is 0 Å². The van der Waals surface area contributed by atoms with E-state index in [1.165, 1.54) is 0 Å². The molecule has 0 aliphatic rings. The van der Waals surface area contributed by atoms with Crippen molar-refractivity contribution in [3.63, 3.8) is 0 Å². The monoisotopic (exact) mass is 231 g/mol. The molecule has 96 valence electrons. The van der Waals surface area contributed by atoms with Gasteiger partial charge in [-0.05, 0) is 34.2 Å². The Balaban J connectivity index is 3.95. The second-order valence-corrected chi connectivity index (χ2v) is 5.04. The number of hydrogen-bond donors (Lipinski definition) is 1. The fraction of sp³-hybridized carbons (Fsp3) is 0.917. The van der Waals surface area contributed by atoms with Crippen LogP contribution in [0.2, 0.25) is 0 Å². The van der Waals surface area contributed by atoms with E-state index in [4.69, 9.17) is 9.84 Å². The van der Waals surface area contributed by atoms with Crippen LogP contribution >= 0.6 is 0 Å². The predicted molar refractivity (Wildman–Crippen MR) is 64.7 cm³/mol. The molecule has 1 atom stereocenters. The van der Waals surface area contributed by atoms with E-state index < -0.39 is 5.97 Å². The number of likely N-dealkylation sites (N-methyl/N-ethyl adjacent to an activating group) is 1. The number of carbonyl (C=O) groups is 1. The fourth-order valence-electron chi connectivity index (χ4n) is 1.54. The minimum absolute atomic E-state index is 0.0612. The highest BCUT2D eigenvalue weighted by molar-refractivity contribution is 5.67. The summed E-state index contributed by atoms with van der Waals surface area (Å²) in [7, 11) is 0. The maximum atomic E-state index is 10.6. The Hall–Kier alpha value is -0.610. The van der Waals surface area contributed by atoms with Crippen LogP contribution in [0.4, 0.5) is 0 Å². The first-order valence-corrected chi connectivity index (χ1v) is 5.86. The van der Waals surface area contributed by atoms with Gasteiger partial charge in [0, 0.05) is 12.6 Å². The van der Waals surface area contributed by atoms with Crippen molar-refractivity contribution in [1.82, 2.24) is 4.90 Å². The predicted octanol–water partition coefficient (Wildman–Crippen LogP) is 1.99. The van der Waals surface area contributed by atoms with Crippen molar-refractivity contribution in [1.29, 1.82) is 0 Å². The van der Waals surface area contributed by atoms with Crippen molar-refractivity contribution in [3.8, 4) is 0 Å². The third kappa shape index (κ3) is 7.65. The highest BCUT2D eigenvalue weighted by atomic mass is 16.5. The Morgan fingerprint density at radius 1 is 1.44 bits per heavy atom. The van der Waals surface area contributed by atoms with Gasteiger partial charge >= 0.3 is 5.97 Å². The number of aliphatic carboxylic acids is 1. The summed E-state index contributed by atoms with van der Waals surface area (Å²) in [5.74, 6) is -0.748. The molecule has 0 heterocycles. The van der Waals surface area contributed by atoms with Crippen LogP contribution in [0.25, 0.3) is 0 Å². The minimum Gasteiger partial charge on any atom is -0.481 e. The third-order valence-electron chi connectivity index (χ3n) is 2.41. The van der Waals surface area contributed by atoms with Gasteiger partial charge in [0.05, 0.1) is 18.6 Å². The Labute approximate surface area is 98.6 Å². The van der Waals surface area contributed by atoms with E-state index in [-0.39, 0.29) is 18.1 Å². The van der Waals surface area contributed by atoms with Gasteiger partial charge in [-0.25, -0.2) is 0 Å². The lowest BCUT2D eigenvalue weighted by Gasteiger charge is -2.28. The molecule has 0 rings (SSSR count). The van der Waals surface area contributed by atoms with Crippen molar-refractivity contribution in [2.75, 3.05) is 19.7 Å². The van der Waals surface area contributed by atoms with E-state index in [1.807, 2.05) is 34.6 Å². The molecule has 0 aromatic carbocycles. The second-order valence-electron chi connectivity index (χ2n) is 5.04. The third-order valence-corrected chi connectivity index (χ3v) is 2.41. The average Bonchev–Trinajstić information content (AvgIpc) is 2.09. The molecule has 0 aliphatic carbocycles. The summed E-state index contributed by atoms with van der Waals surface area (Å²) in [4.78, 5) is 12.7. The van der Waals surface area contributed by atoms with Crippen LogP contribution in [0.15, 0.2) is 0 Å². The molecular weight excluding hydrogens is 206 g/mol. The van der Waals surface area contributed by atoms with Crippen molar-refractivity contribution in [2.24, 2.45) is 0 Å². The number of rotatable bonds is 7. The number of carboxylic acids is 1. The van der Waals surface area contributed by atoms with E-state index in [9.17, 15) is 4.79 Å². The van der Waals surface area contributed by atoms with Gasteiger partial charge in [0.15, 0.2) is 0 Å². The Morgan fingerprint density at radius 2 is 2.00 bits per heavy atom. The summed E-state index contributed by atoms with van der Waals surface area (Å²) in [5.41, 5.74) is -0.130. The molecule has 0 aliphatic heterocycles. The average molecular weight is 231 g/mol. The molecule has 0 spiro atoms. The van der Waals surface area contributed by atoms with Crippen LogP contribution in [-0.4, -0.2) is 47.3 Å². The van der Waals surface area contributed by atoms with Crippen LogP contribution in [-0.2, 0) is 9.53 Å². The van der Waals surface area contributed by atoms with Gasteiger partial charge in [0.2, 0.25) is 0 Å². The zero-order valence-electron chi connectivity index (χ0n) is 11.1. The lowest BCUT2D eigenvalue weighted by molar-refractivity contribution is -0.138. The maximum absolute atomic E-state index is 10.6. The van der Waals surface area contributed by atoms with Crippen molar-refractivity contribution in [2.45, 2.75) is 52.7 Å². The van der Waals surface area contributed by atoms with E-state index in [2.05, 4.69) is 4.90 Å².